The summed E-state index contributed by atoms with van der Waals surface area (Å²) < 4.78 is 48.3. The van der Waals surface area contributed by atoms with Crippen LogP contribution in [0, 0.1) is 0 Å². The van der Waals surface area contributed by atoms with Crippen molar-refractivity contribution in [1.29, 1.82) is 0 Å². The molecule has 2 unspecified atom stereocenters. The average Bonchev–Trinajstić information content (AvgIpc) is 3.23. The molecule has 3 aromatic rings. The molecule has 0 radical (unpaired) electrons. The highest BCUT2D eigenvalue weighted by Gasteiger charge is 2.39. The largest absolute Gasteiger partial charge is 0.573 e. The lowest BCUT2D eigenvalue weighted by Crippen LogP contribution is -2.67. The first kappa shape index (κ1) is 15.9. The molecular weight excluding hydrogens is 369 g/mol. The smallest absolute Gasteiger partial charge is 0.422 e. The summed E-state index contributed by atoms with van der Waals surface area (Å²) >= 11 is 1.38. The van der Waals surface area contributed by atoms with E-state index in [1.54, 1.807) is 11.6 Å². The molecule has 0 spiro atoms. The monoisotopic (exact) mass is 382 g/mol. The van der Waals surface area contributed by atoms with Crippen LogP contribution in [-0.2, 0) is 0 Å². The molecule has 2 bridgehead atoms. The predicted octanol–water partition coefficient (Wildman–Crippen LogP) is 3.40. The third-order valence-corrected chi connectivity index (χ3v) is 5.38. The summed E-state index contributed by atoms with van der Waals surface area (Å²) in [4.78, 5) is 10.5. The van der Waals surface area contributed by atoms with Gasteiger partial charge in [-0.15, -0.1) is 24.5 Å². The van der Waals surface area contributed by atoms with Crippen LogP contribution in [0.4, 0.5) is 19.2 Å². The molecule has 1 N–H and O–H groups in total. The number of hydrogen-bond donors (Lipinski definition) is 1. The number of aromatic nitrogens is 2. The first-order valence-electron chi connectivity index (χ1n) is 8.06. The second kappa shape index (κ2) is 5.58. The maximum Gasteiger partial charge on any atom is 0.573 e. The number of piperidine rings is 1. The fourth-order valence-electron chi connectivity index (χ4n) is 3.51. The van der Waals surface area contributed by atoms with Gasteiger partial charge in [0.05, 0.1) is 5.56 Å². The van der Waals surface area contributed by atoms with Gasteiger partial charge in [0, 0.05) is 36.8 Å². The van der Waals surface area contributed by atoms with Crippen molar-refractivity contribution in [2.75, 3.05) is 18.0 Å². The molecule has 2 atom stereocenters. The molecule has 5 heterocycles. The third-order valence-electron chi connectivity index (χ3n) is 4.58. The van der Waals surface area contributed by atoms with Gasteiger partial charge in [-0.2, -0.15) is 4.98 Å². The molecule has 2 aromatic heterocycles. The molecule has 0 amide bonds. The highest BCUT2D eigenvalue weighted by Crippen LogP contribution is 2.40. The Hall–Kier alpha value is -2.33. The van der Waals surface area contributed by atoms with Crippen LogP contribution in [0.15, 0.2) is 28.1 Å². The molecular formula is C16H13F3N4O2S. The minimum Gasteiger partial charge on any atom is -0.422 e. The van der Waals surface area contributed by atoms with E-state index in [1.165, 1.54) is 23.5 Å². The Bertz CT molecular complexity index is 940. The molecule has 3 aliphatic rings. The summed E-state index contributed by atoms with van der Waals surface area (Å²) in [6.45, 7) is 1.43. The minimum absolute atomic E-state index is 0.0530. The molecule has 6 nitrogen and oxygen atoms in total. The number of rotatable bonds is 3. The second-order valence-corrected chi connectivity index (χ2v) is 7.27. The van der Waals surface area contributed by atoms with Gasteiger partial charge in [-0.1, -0.05) is 0 Å². The zero-order chi connectivity index (χ0) is 17.9. The van der Waals surface area contributed by atoms with Gasteiger partial charge in [0.15, 0.2) is 16.8 Å². The summed E-state index contributed by atoms with van der Waals surface area (Å²) in [5.74, 6) is -0.372. The first-order valence-corrected chi connectivity index (χ1v) is 8.94. The number of alkyl halides is 3. The van der Waals surface area contributed by atoms with E-state index in [0.717, 1.165) is 6.42 Å². The zero-order valence-corrected chi connectivity index (χ0v) is 14.1. The summed E-state index contributed by atoms with van der Waals surface area (Å²) in [5, 5.41) is 5.84. The number of thiazole rings is 1. The second-order valence-electron chi connectivity index (χ2n) is 6.37. The van der Waals surface area contributed by atoms with Crippen molar-refractivity contribution in [1.82, 2.24) is 15.3 Å². The lowest BCUT2D eigenvalue weighted by atomic mass is 9.92. The fraction of sp³-hybridized carbons (Fsp3) is 0.375. The number of benzene rings is 1. The molecule has 3 aliphatic heterocycles. The van der Waals surface area contributed by atoms with Crippen molar-refractivity contribution in [3.63, 3.8) is 0 Å². The number of nitrogens with one attached hydrogen (secondary N) is 1. The summed E-state index contributed by atoms with van der Waals surface area (Å²) in [7, 11) is 0. The van der Waals surface area contributed by atoms with Crippen LogP contribution in [0.3, 0.4) is 0 Å². The lowest BCUT2D eigenvalue weighted by molar-refractivity contribution is -0.274. The molecule has 6 rings (SSSR count). The molecule has 3 saturated heterocycles. The summed E-state index contributed by atoms with van der Waals surface area (Å²) in [6, 6.07) is 3.83. The van der Waals surface area contributed by atoms with Crippen LogP contribution in [-0.4, -0.2) is 41.5 Å². The van der Waals surface area contributed by atoms with Gasteiger partial charge >= 0.3 is 6.36 Å². The average molecular weight is 382 g/mol. The van der Waals surface area contributed by atoms with E-state index in [4.69, 9.17) is 4.42 Å². The van der Waals surface area contributed by atoms with E-state index in [1.807, 2.05) is 4.90 Å². The number of oxazole rings is 1. The molecule has 3 fully saturated rings. The van der Waals surface area contributed by atoms with E-state index < -0.39 is 6.36 Å². The van der Waals surface area contributed by atoms with Crippen molar-refractivity contribution in [3.05, 3.63) is 23.7 Å². The lowest BCUT2D eigenvalue weighted by Gasteiger charge is -2.47. The van der Waals surface area contributed by atoms with Gasteiger partial charge in [0.1, 0.15) is 5.01 Å². The van der Waals surface area contributed by atoms with E-state index in [9.17, 15) is 13.2 Å². The minimum atomic E-state index is -4.80. The molecule has 1 aromatic carbocycles. The van der Waals surface area contributed by atoms with Gasteiger partial charge in [0.2, 0.25) is 0 Å². The predicted molar refractivity (Wildman–Crippen MR) is 89.3 cm³/mol. The molecule has 136 valence electrons. The Morgan fingerprint density at radius 1 is 1.27 bits per heavy atom. The Labute approximate surface area is 149 Å². The van der Waals surface area contributed by atoms with Crippen molar-refractivity contribution < 1.29 is 22.3 Å². The summed E-state index contributed by atoms with van der Waals surface area (Å²) in [5.41, 5.74) is 0.907. The third kappa shape index (κ3) is 2.69. The van der Waals surface area contributed by atoms with E-state index in [0.29, 0.717) is 41.8 Å². The maximum atomic E-state index is 12.8. The number of nitrogens with zero attached hydrogens (tertiary/aromatic N) is 3. The Balaban J connectivity index is 1.62. The van der Waals surface area contributed by atoms with Crippen LogP contribution in [0.5, 0.6) is 5.75 Å². The number of ether oxygens (including phenoxy) is 1. The Kier molecular flexibility index (Phi) is 3.41. The van der Waals surface area contributed by atoms with Crippen LogP contribution in [0.25, 0.3) is 21.7 Å². The van der Waals surface area contributed by atoms with Gasteiger partial charge in [-0.3, -0.25) is 0 Å². The Morgan fingerprint density at radius 2 is 2.04 bits per heavy atom. The summed E-state index contributed by atoms with van der Waals surface area (Å²) in [6.07, 6.45) is -2.07. The number of fused-ring (bicyclic) bond motifs is 3. The molecule has 26 heavy (non-hydrogen) atoms. The molecule has 10 heteroatoms. The highest BCUT2D eigenvalue weighted by atomic mass is 32.1. The maximum absolute atomic E-state index is 12.8. The van der Waals surface area contributed by atoms with E-state index >= 15 is 0 Å². The molecule has 0 saturated carbocycles. The number of hydrogen-bond acceptors (Lipinski definition) is 7. The topological polar surface area (TPSA) is 63.4 Å². The normalized spacial score (nSPS) is 22.5. The SMILES string of the molecule is FC(F)(F)Oc1ccc(-c2nccs2)c2oc(N3CC4CC(C3)N4)nc12. The van der Waals surface area contributed by atoms with Gasteiger partial charge < -0.3 is 19.4 Å². The fourth-order valence-corrected chi connectivity index (χ4v) is 4.17. The van der Waals surface area contributed by atoms with Crippen molar-refractivity contribution in [3.8, 4) is 16.3 Å². The number of anilines is 1. The molecule has 0 aliphatic carbocycles. The van der Waals surface area contributed by atoms with Crippen LogP contribution in [0.2, 0.25) is 0 Å². The van der Waals surface area contributed by atoms with Gasteiger partial charge in [-0.05, 0) is 18.6 Å². The van der Waals surface area contributed by atoms with Gasteiger partial charge in [-0.25, -0.2) is 4.98 Å². The number of piperazine rings is 1. The van der Waals surface area contributed by atoms with Crippen LogP contribution >= 0.6 is 11.3 Å². The quantitative estimate of drug-likeness (QED) is 0.749. The van der Waals surface area contributed by atoms with E-state index in [-0.39, 0.29) is 16.8 Å². The number of halogens is 3. The van der Waals surface area contributed by atoms with Crippen molar-refractivity contribution >= 4 is 28.5 Å². The standard InChI is InChI=1S/C16H13F3N4O2S/c17-16(18,19)25-11-2-1-10(14-20-3-4-26-14)13-12(11)22-15(24-13)23-6-8-5-9(7-23)21-8/h1-4,8-9,21H,5-7H2. The first-order chi connectivity index (χ1) is 12.5. The van der Waals surface area contributed by atoms with E-state index in [2.05, 4.69) is 20.0 Å². The zero-order valence-electron chi connectivity index (χ0n) is 13.3. The van der Waals surface area contributed by atoms with Gasteiger partial charge in [0.25, 0.3) is 6.01 Å². The van der Waals surface area contributed by atoms with Crippen molar-refractivity contribution in [2.45, 2.75) is 24.9 Å². The van der Waals surface area contributed by atoms with Crippen LogP contribution < -0.4 is 15.0 Å². The Morgan fingerprint density at radius 3 is 2.69 bits per heavy atom. The highest BCUT2D eigenvalue weighted by molar-refractivity contribution is 7.13. The van der Waals surface area contributed by atoms with Crippen molar-refractivity contribution in [2.24, 2.45) is 0 Å². The van der Waals surface area contributed by atoms with Crippen LogP contribution in [0.1, 0.15) is 6.42 Å².